The van der Waals surface area contributed by atoms with Gasteiger partial charge in [-0.25, -0.2) is 0 Å². The molecule has 0 radical (unpaired) electrons. The van der Waals surface area contributed by atoms with Crippen molar-refractivity contribution in [3.8, 4) is 0 Å². The summed E-state index contributed by atoms with van der Waals surface area (Å²) >= 11 is 6.02. The number of rotatable bonds is 1. The number of nitrogens with zero attached hydrogens (tertiary/aromatic N) is 3. The second-order valence-electron chi connectivity index (χ2n) is 3.47. The van der Waals surface area contributed by atoms with Gasteiger partial charge < -0.3 is 9.88 Å². The van der Waals surface area contributed by atoms with E-state index in [4.69, 9.17) is 11.6 Å². The Morgan fingerprint density at radius 2 is 2.36 bits per heavy atom. The molecule has 2 heterocycles. The van der Waals surface area contributed by atoms with E-state index in [-0.39, 0.29) is 5.38 Å². The van der Waals surface area contributed by atoms with Gasteiger partial charge >= 0.3 is 0 Å². The number of aromatic nitrogens is 3. The number of nitrogens with one attached hydrogen (secondary N) is 1. The average molecular weight is 213 g/mol. The lowest BCUT2D eigenvalue weighted by atomic mass is 10.1. The summed E-state index contributed by atoms with van der Waals surface area (Å²) in [7, 11) is 1.96. The van der Waals surface area contributed by atoms with Crippen LogP contribution in [0.2, 0.25) is 0 Å². The fourth-order valence-electron chi connectivity index (χ4n) is 1.52. The summed E-state index contributed by atoms with van der Waals surface area (Å²) in [6.45, 7) is 3.57. The van der Waals surface area contributed by atoms with Gasteiger partial charge in [-0.2, -0.15) is 0 Å². The number of aryl methyl sites for hydroxylation is 1. The molecule has 1 atom stereocenters. The van der Waals surface area contributed by atoms with Gasteiger partial charge in [0.2, 0.25) is 0 Å². The van der Waals surface area contributed by atoms with Crippen molar-refractivity contribution < 1.29 is 0 Å². The third kappa shape index (κ3) is 1.67. The lowest BCUT2D eigenvalue weighted by Crippen LogP contribution is -2.29. The average Bonchev–Trinajstić information content (AvgIpc) is 2.48. The molecule has 4 nitrogen and oxygen atoms in total. The molecule has 0 bridgehead atoms. The van der Waals surface area contributed by atoms with Crippen LogP contribution in [-0.4, -0.2) is 33.2 Å². The van der Waals surface area contributed by atoms with Crippen LogP contribution in [-0.2, 0) is 7.05 Å². The first-order chi connectivity index (χ1) is 6.68. The van der Waals surface area contributed by atoms with E-state index < -0.39 is 0 Å². The maximum atomic E-state index is 6.02. The quantitative estimate of drug-likeness (QED) is 0.698. The van der Waals surface area contributed by atoms with Crippen molar-refractivity contribution in [2.45, 2.75) is 12.3 Å². The summed E-state index contributed by atoms with van der Waals surface area (Å²) in [6.07, 6.45) is 2.04. The molecular weight excluding hydrogens is 200 g/mol. The molecule has 2 rings (SSSR count). The zero-order valence-corrected chi connectivity index (χ0v) is 9.04. The van der Waals surface area contributed by atoms with E-state index in [1.165, 1.54) is 0 Å². The second kappa shape index (κ2) is 3.71. The van der Waals surface area contributed by atoms with Crippen LogP contribution in [0.15, 0.2) is 6.08 Å². The maximum Gasteiger partial charge on any atom is 0.160 e. The Kier molecular flexibility index (Phi) is 2.56. The molecule has 1 aliphatic heterocycles. The third-order valence-electron chi connectivity index (χ3n) is 2.42. The first kappa shape index (κ1) is 9.68. The van der Waals surface area contributed by atoms with Crippen molar-refractivity contribution in [2.24, 2.45) is 7.05 Å². The van der Waals surface area contributed by atoms with Crippen LogP contribution in [0.25, 0.3) is 5.57 Å². The summed E-state index contributed by atoms with van der Waals surface area (Å²) in [6, 6.07) is 0. The van der Waals surface area contributed by atoms with E-state index in [0.717, 1.165) is 30.3 Å². The Bertz CT molecular complexity index is 369. The molecule has 5 heteroatoms. The highest BCUT2D eigenvalue weighted by molar-refractivity contribution is 6.22. The van der Waals surface area contributed by atoms with Crippen LogP contribution in [0.1, 0.15) is 11.6 Å². The Labute approximate surface area is 88.0 Å². The van der Waals surface area contributed by atoms with Gasteiger partial charge in [0.25, 0.3) is 0 Å². The lowest BCUT2D eigenvalue weighted by molar-refractivity contribution is 0.731. The van der Waals surface area contributed by atoms with Gasteiger partial charge in [0.05, 0.1) is 5.38 Å². The van der Waals surface area contributed by atoms with Gasteiger partial charge in [0.15, 0.2) is 5.82 Å². The molecule has 1 unspecified atom stereocenters. The largest absolute Gasteiger partial charge is 0.315 e. The summed E-state index contributed by atoms with van der Waals surface area (Å²) in [5.74, 6) is 1.82. The highest BCUT2D eigenvalue weighted by Crippen LogP contribution is 2.16. The first-order valence-corrected chi connectivity index (χ1v) is 5.04. The number of hydrogen-bond acceptors (Lipinski definition) is 3. The van der Waals surface area contributed by atoms with Crippen molar-refractivity contribution >= 4 is 17.2 Å². The fraction of sp³-hybridized carbons (Fsp3) is 0.556. The van der Waals surface area contributed by atoms with E-state index in [9.17, 15) is 0 Å². The van der Waals surface area contributed by atoms with E-state index in [1.807, 2.05) is 24.6 Å². The number of alkyl halides is 1. The van der Waals surface area contributed by atoms with Gasteiger partial charge in [-0.05, 0) is 6.92 Å². The van der Waals surface area contributed by atoms with Gasteiger partial charge in [0.1, 0.15) is 5.82 Å². The first-order valence-electron chi connectivity index (χ1n) is 4.60. The molecule has 0 saturated carbocycles. The van der Waals surface area contributed by atoms with Crippen LogP contribution in [0, 0.1) is 6.92 Å². The Hall–Kier alpha value is -0.870. The maximum absolute atomic E-state index is 6.02. The monoisotopic (exact) mass is 212 g/mol. The van der Waals surface area contributed by atoms with Crippen molar-refractivity contribution in [3.05, 3.63) is 17.7 Å². The standard InChI is InChI=1S/C9H13ClN4/c1-6-12-13-9(14(6)2)7-3-8(10)5-11-4-7/h3,8,11H,4-5H2,1-2H3. The van der Waals surface area contributed by atoms with Gasteiger partial charge in [-0.15, -0.1) is 21.8 Å². The molecule has 1 N–H and O–H groups in total. The van der Waals surface area contributed by atoms with E-state index in [1.54, 1.807) is 0 Å². The fourth-order valence-corrected chi connectivity index (χ4v) is 1.78. The predicted octanol–water partition coefficient (Wildman–Crippen LogP) is 0.718. The summed E-state index contributed by atoms with van der Waals surface area (Å²) < 4.78 is 1.97. The molecule has 0 aliphatic carbocycles. The molecule has 76 valence electrons. The molecule has 1 aromatic rings. The van der Waals surface area contributed by atoms with Crippen molar-refractivity contribution in [2.75, 3.05) is 13.1 Å². The summed E-state index contributed by atoms with van der Waals surface area (Å²) in [5.41, 5.74) is 1.12. The smallest absolute Gasteiger partial charge is 0.160 e. The highest BCUT2D eigenvalue weighted by atomic mass is 35.5. The SMILES string of the molecule is Cc1nnc(C2=CC(Cl)CNC2)n1C. The molecule has 1 aliphatic rings. The topological polar surface area (TPSA) is 42.7 Å². The highest BCUT2D eigenvalue weighted by Gasteiger charge is 2.16. The third-order valence-corrected chi connectivity index (χ3v) is 2.70. The molecule has 14 heavy (non-hydrogen) atoms. The Morgan fingerprint density at radius 1 is 1.57 bits per heavy atom. The summed E-state index contributed by atoms with van der Waals surface area (Å²) in [5, 5.41) is 11.4. The van der Waals surface area contributed by atoms with Crippen molar-refractivity contribution in [1.29, 1.82) is 0 Å². The second-order valence-corrected chi connectivity index (χ2v) is 4.03. The van der Waals surface area contributed by atoms with Crippen LogP contribution in [0.3, 0.4) is 0 Å². The van der Waals surface area contributed by atoms with E-state index >= 15 is 0 Å². The summed E-state index contributed by atoms with van der Waals surface area (Å²) in [4.78, 5) is 0. The van der Waals surface area contributed by atoms with Crippen molar-refractivity contribution in [1.82, 2.24) is 20.1 Å². The number of halogens is 1. The molecule has 0 spiro atoms. The zero-order valence-electron chi connectivity index (χ0n) is 8.29. The van der Waals surface area contributed by atoms with E-state index in [2.05, 4.69) is 15.5 Å². The van der Waals surface area contributed by atoms with Crippen LogP contribution >= 0.6 is 11.6 Å². The van der Waals surface area contributed by atoms with Gasteiger partial charge in [0, 0.05) is 25.7 Å². The van der Waals surface area contributed by atoms with E-state index in [0.29, 0.717) is 0 Å². The van der Waals surface area contributed by atoms with Crippen molar-refractivity contribution in [3.63, 3.8) is 0 Å². The normalized spacial score (nSPS) is 22.2. The molecular formula is C9H13ClN4. The molecule has 0 saturated heterocycles. The molecule has 1 aromatic heterocycles. The van der Waals surface area contributed by atoms with Crippen LogP contribution in [0.4, 0.5) is 0 Å². The van der Waals surface area contributed by atoms with Crippen LogP contribution < -0.4 is 5.32 Å². The molecule has 0 amide bonds. The van der Waals surface area contributed by atoms with Crippen LogP contribution in [0.5, 0.6) is 0 Å². The minimum atomic E-state index is 0.0516. The number of hydrogen-bond donors (Lipinski definition) is 1. The Balaban J connectivity index is 2.35. The predicted molar refractivity (Wildman–Crippen MR) is 56.2 cm³/mol. The van der Waals surface area contributed by atoms with Gasteiger partial charge in [-0.3, -0.25) is 0 Å². The minimum Gasteiger partial charge on any atom is -0.315 e. The van der Waals surface area contributed by atoms with Gasteiger partial charge in [-0.1, -0.05) is 6.08 Å². The zero-order chi connectivity index (χ0) is 10.1. The molecule has 0 aromatic carbocycles. The Morgan fingerprint density at radius 3 is 2.93 bits per heavy atom. The molecule has 0 fully saturated rings. The lowest BCUT2D eigenvalue weighted by Gasteiger charge is -2.17. The minimum absolute atomic E-state index is 0.0516.